The number of hydrogen-bond donors (Lipinski definition) is 1. The van der Waals surface area contributed by atoms with Crippen LogP contribution in [0.15, 0.2) is 34.4 Å². The molecule has 0 aliphatic heterocycles. The average Bonchev–Trinajstić information content (AvgIpc) is 2.49. The van der Waals surface area contributed by atoms with Crippen LogP contribution in [0.3, 0.4) is 0 Å². The number of halogens is 2. The summed E-state index contributed by atoms with van der Waals surface area (Å²) in [6.07, 6.45) is 5.51. The van der Waals surface area contributed by atoms with Crippen LogP contribution in [-0.4, -0.2) is 5.78 Å². The van der Waals surface area contributed by atoms with Gasteiger partial charge in [-0.25, -0.2) is 0 Å². The van der Waals surface area contributed by atoms with Crippen LogP contribution in [0.25, 0.3) is 0 Å². The van der Waals surface area contributed by atoms with Crippen molar-refractivity contribution in [2.45, 2.75) is 46.5 Å². The van der Waals surface area contributed by atoms with Gasteiger partial charge in [0.1, 0.15) is 0 Å². The number of allylic oxidation sites excluding steroid dienone is 1. The highest BCUT2D eigenvalue weighted by Crippen LogP contribution is 2.41. The fourth-order valence-corrected chi connectivity index (χ4v) is 3.23. The predicted molar refractivity (Wildman–Crippen MR) is 97.3 cm³/mol. The Kier molecular flexibility index (Phi) is 5.73. The second kappa shape index (κ2) is 7.18. The van der Waals surface area contributed by atoms with Crippen LogP contribution in [0.5, 0.6) is 0 Å². The van der Waals surface area contributed by atoms with Crippen molar-refractivity contribution in [2.24, 2.45) is 11.3 Å². The highest BCUT2D eigenvalue weighted by molar-refractivity contribution is 9.10. The lowest BCUT2D eigenvalue weighted by Gasteiger charge is -2.36. The van der Waals surface area contributed by atoms with Gasteiger partial charge in [-0.1, -0.05) is 38.8 Å². The first-order valence-corrected chi connectivity index (χ1v) is 8.94. The van der Waals surface area contributed by atoms with Crippen molar-refractivity contribution in [3.63, 3.8) is 0 Å². The van der Waals surface area contributed by atoms with E-state index in [1.165, 1.54) is 0 Å². The highest BCUT2D eigenvalue weighted by atomic mass is 79.9. The zero-order valence-electron chi connectivity index (χ0n) is 13.4. The van der Waals surface area contributed by atoms with Gasteiger partial charge in [0, 0.05) is 28.4 Å². The van der Waals surface area contributed by atoms with Crippen LogP contribution >= 0.6 is 27.5 Å². The van der Waals surface area contributed by atoms with Gasteiger partial charge in [-0.15, -0.1) is 0 Å². The number of ketones is 1. The SMILES string of the molecule is CCC(C)(C)[C@@H]1CCC(=O)/C(=C/Nc2ccc(Br)c(Cl)c2)C1. The number of Topliss-reactive ketones (excluding diaryl/α,β-unsaturated/α-hetero) is 1. The van der Waals surface area contributed by atoms with Gasteiger partial charge in [0.2, 0.25) is 0 Å². The van der Waals surface area contributed by atoms with E-state index >= 15 is 0 Å². The van der Waals surface area contributed by atoms with Gasteiger partial charge in [-0.2, -0.15) is 0 Å². The van der Waals surface area contributed by atoms with E-state index in [1.807, 2.05) is 24.4 Å². The second-order valence-electron chi connectivity index (χ2n) is 6.65. The Morgan fingerprint density at radius 2 is 2.18 bits per heavy atom. The van der Waals surface area contributed by atoms with Gasteiger partial charge in [0.05, 0.1) is 5.02 Å². The summed E-state index contributed by atoms with van der Waals surface area (Å²) in [7, 11) is 0. The molecule has 1 fully saturated rings. The third kappa shape index (κ3) is 4.14. The lowest BCUT2D eigenvalue weighted by atomic mass is 9.68. The molecule has 0 bridgehead atoms. The van der Waals surface area contributed by atoms with Crippen LogP contribution in [0, 0.1) is 11.3 Å². The number of hydrogen-bond acceptors (Lipinski definition) is 2. The Morgan fingerprint density at radius 1 is 1.45 bits per heavy atom. The van der Waals surface area contributed by atoms with Crippen LogP contribution in [0.1, 0.15) is 46.5 Å². The molecular weight excluding hydrogens is 362 g/mol. The van der Waals surface area contributed by atoms with Gasteiger partial charge in [-0.05, 0) is 58.3 Å². The van der Waals surface area contributed by atoms with Crippen molar-refractivity contribution in [2.75, 3.05) is 5.32 Å². The Morgan fingerprint density at radius 3 is 2.82 bits per heavy atom. The molecular formula is C18H23BrClNO. The zero-order valence-corrected chi connectivity index (χ0v) is 15.7. The van der Waals surface area contributed by atoms with Crippen molar-refractivity contribution < 1.29 is 4.79 Å². The Balaban J connectivity index is 2.11. The summed E-state index contributed by atoms with van der Waals surface area (Å²) in [6.45, 7) is 6.82. The maximum atomic E-state index is 12.2. The summed E-state index contributed by atoms with van der Waals surface area (Å²) in [6, 6.07) is 5.69. The third-order valence-corrected chi connectivity index (χ3v) is 6.13. The molecule has 1 aromatic carbocycles. The summed E-state index contributed by atoms with van der Waals surface area (Å²) >= 11 is 9.47. The lowest BCUT2D eigenvalue weighted by Crippen LogP contribution is -2.29. The third-order valence-electron chi connectivity index (χ3n) is 4.89. The maximum Gasteiger partial charge on any atom is 0.160 e. The normalized spacial score (nSPS) is 21.2. The summed E-state index contributed by atoms with van der Waals surface area (Å²) in [5.74, 6) is 0.829. The van der Waals surface area contributed by atoms with Gasteiger partial charge in [0.15, 0.2) is 5.78 Å². The Hall–Kier alpha value is -0.800. The standard InChI is InChI=1S/C18H23BrClNO/c1-4-18(2,3)13-5-8-17(22)12(9-13)11-21-14-6-7-15(19)16(20)10-14/h6-7,10-11,13,21H,4-5,8-9H2,1-3H3/b12-11+/t13-/m1/s1. The summed E-state index contributed by atoms with van der Waals surface area (Å²) in [4.78, 5) is 12.2. The monoisotopic (exact) mass is 383 g/mol. The molecule has 1 aromatic rings. The van der Waals surface area contributed by atoms with E-state index in [4.69, 9.17) is 11.6 Å². The molecule has 1 atom stereocenters. The number of benzene rings is 1. The van der Waals surface area contributed by atoms with E-state index in [-0.39, 0.29) is 11.2 Å². The van der Waals surface area contributed by atoms with Crippen molar-refractivity contribution >= 4 is 39.0 Å². The average molecular weight is 385 g/mol. The first kappa shape index (κ1) is 17.6. The predicted octanol–water partition coefficient (Wildman–Crippen LogP) is 6.20. The van der Waals surface area contributed by atoms with Crippen molar-refractivity contribution in [3.05, 3.63) is 39.5 Å². The molecule has 0 unspecified atom stereocenters. The molecule has 0 aromatic heterocycles. The lowest BCUT2D eigenvalue weighted by molar-refractivity contribution is -0.117. The van der Waals surface area contributed by atoms with Crippen LogP contribution < -0.4 is 5.32 Å². The largest absolute Gasteiger partial charge is 0.361 e. The zero-order chi connectivity index (χ0) is 16.3. The van der Waals surface area contributed by atoms with Gasteiger partial charge < -0.3 is 5.32 Å². The van der Waals surface area contributed by atoms with Crippen molar-refractivity contribution in [3.8, 4) is 0 Å². The highest BCUT2D eigenvalue weighted by Gasteiger charge is 2.33. The molecule has 0 spiro atoms. The maximum absolute atomic E-state index is 12.2. The molecule has 120 valence electrons. The van der Waals surface area contributed by atoms with E-state index < -0.39 is 0 Å². The molecule has 0 heterocycles. The van der Waals surface area contributed by atoms with Crippen LogP contribution in [0.4, 0.5) is 5.69 Å². The number of anilines is 1. The number of carbonyl (C=O) groups excluding carboxylic acids is 1. The minimum absolute atomic E-state index is 0.263. The molecule has 0 radical (unpaired) electrons. The fraction of sp³-hybridized carbons (Fsp3) is 0.500. The molecule has 2 rings (SSSR count). The van der Waals surface area contributed by atoms with E-state index in [2.05, 4.69) is 42.0 Å². The van der Waals surface area contributed by atoms with Gasteiger partial charge in [0.25, 0.3) is 0 Å². The molecule has 22 heavy (non-hydrogen) atoms. The van der Waals surface area contributed by atoms with Gasteiger partial charge in [-0.3, -0.25) is 4.79 Å². The summed E-state index contributed by atoms with van der Waals surface area (Å²) in [5, 5.41) is 3.87. The van der Waals surface area contributed by atoms with E-state index in [9.17, 15) is 4.79 Å². The van der Waals surface area contributed by atoms with Crippen molar-refractivity contribution in [1.82, 2.24) is 0 Å². The molecule has 0 amide bonds. The number of nitrogens with one attached hydrogen (secondary N) is 1. The van der Waals surface area contributed by atoms with Crippen LogP contribution in [-0.2, 0) is 4.79 Å². The van der Waals surface area contributed by atoms with E-state index in [0.717, 1.165) is 35.0 Å². The van der Waals surface area contributed by atoms with Gasteiger partial charge >= 0.3 is 0 Å². The molecule has 1 N–H and O–H groups in total. The van der Waals surface area contributed by atoms with E-state index in [1.54, 1.807) is 0 Å². The second-order valence-corrected chi connectivity index (χ2v) is 7.91. The first-order chi connectivity index (χ1) is 10.3. The summed E-state index contributed by atoms with van der Waals surface area (Å²) < 4.78 is 0.867. The smallest absolute Gasteiger partial charge is 0.160 e. The van der Waals surface area contributed by atoms with Crippen molar-refractivity contribution in [1.29, 1.82) is 0 Å². The molecule has 0 saturated heterocycles. The quantitative estimate of drug-likeness (QED) is 0.626. The number of carbonyl (C=O) groups is 1. The Bertz CT molecular complexity index is 595. The molecule has 1 aliphatic carbocycles. The summed E-state index contributed by atoms with van der Waals surface area (Å²) in [5.41, 5.74) is 2.07. The van der Waals surface area contributed by atoms with E-state index in [0.29, 0.717) is 17.4 Å². The first-order valence-electron chi connectivity index (χ1n) is 7.77. The fourth-order valence-electron chi connectivity index (χ4n) is 2.80. The van der Waals surface area contributed by atoms with Crippen LogP contribution in [0.2, 0.25) is 5.02 Å². The molecule has 2 nitrogen and oxygen atoms in total. The topological polar surface area (TPSA) is 29.1 Å². The minimum atomic E-state index is 0.263. The molecule has 1 aliphatic rings. The molecule has 4 heteroatoms. The Labute approximate surface area is 146 Å². The number of rotatable bonds is 4. The minimum Gasteiger partial charge on any atom is -0.361 e. The molecule has 1 saturated carbocycles.